The number of nitrogens with zero attached hydrogens (tertiary/aromatic N) is 5. The minimum atomic E-state index is -0.150. The van der Waals surface area contributed by atoms with E-state index in [1.807, 2.05) is 46.1 Å². The normalized spacial score (nSPS) is 12.5. The zero-order chi connectivity index (χ0) is 18.6. The van der Waals surface area contributed by atoms with Crippen molar-refractivity contribution in [3.8, 4) is 0 Å². The molecule has 0 bridgehead atoms. The van der Waals surface area contributed by atoms with E-state index in [-0.39, 0.29) is 11.6 Å². The summed E-state index contributed by atoms with van der Waals surface area (Å²) in [7, 11) is 0. The molecule has 0 saturated carbocycles. The van der Waals surface area contributed by atoms with Crippen LogP contribution in [0.1, 0.15) is 27.7 Å². The second kappa shape index (κ2) is 8.15. The van der Waals surface area contributed by atoms with Gasteiger partial charge in [0.25, 0.3) is 5.56 Å². The van der Waals surface area contributed by atoms with Crippen molar-refractivity contribution in [2.75, 3.05) is 6.26 Å². The number of thioether (sulfide) groups is 1. The van der Waals surface area contributed by atoms with E-state index in [1.54, 1.807) is 26.7 Å². The lowest BCUT2D eigenvalue weighted by atomic mass is 10.3. The topological polar surface area (TPSA) is 73.0 Å². The van der Waals surface area contributed by atoms with E-state index in [2.05, 4.69) is 9.97 Å². The highest BCUT2D eigenvalue weighted by Gasteiger charge is 2.18. The SMILES string of the molecule is C/C=C\C(=C/N(C=O)C(C)C)n1c2nc(SC)ncc2c(=O)n1CC. The van der Waals surface area contributed by atoms with Crippen LogP contribution in [0.15, 0.2) is 34.5 Å². The predicted molar refractivity (Wildman–Crippen MR) is 101 cm³/mol. The summed E-state index contributed by atoms with van der Waals surface area (Å²) >= 11 is 1.41. The van der Waals surface area contributed by atoms with E-state index < -0.39 is 0 Å². The van der Waals surface area contributed by atoms with E-state index in [9.17, 15) is 9.59 Å². The minimum Gasteiger partial charge on any atom is -0.317 e. The summed E-state index contributed by atoms with van der Waals surface area (Å²) in [6.07, 6.45) is 9.66. The van der Waals surface area contributed by atoms with Gasteiger partial charge in [-0.25, -0.2) is 19.3 Å². The van der Waals surface area contributed by atoms with Gasteiger partial charge in [-0.05, 0) is 40.0 Å². The van der Waals surface area contributed by atoms with Gasteiger partial charge in [0, 0.05) is 25.0 Å². The van der Waals surface area contributed by atoms with Crippen LogP contribution in [0.2, 0.25) is 0 Å². The van der Waals surface area contributed by atoms with Crippen LogP contribution in [0, 0.1) is 0 Å². The maximum atomic E-state index is 12.7. The molecule has 134 valence electrons. The first kappa shape index (κ1) is 19.0. The molecule has 2 rings (SSSR count). The molecule has 0 fully saturated rings. The Morgan fingerprint density at radius 1 is 1.44 bits per heavy atom. The Kier molecular flexibility index (Phi) is 6.19. The monoisotopic (exact) mass is 361 g/mol. The minimum absolute atomic E-state index is 0.00207. The highest BCUT2D eigenvalue weighted by atomic mass is 32.2. The van der Waals surface area contributed by atoms with Crippen LogP contribution >= 0.6 is 11.8 Å². The van der Waals surface area contributed by atoms with E-state index in [1.165, 1.54) is 11.8 Å². The van der Waals surface area contributed by atoms with Crippen LogP contribution in [0.3, 0.4) is 0 Å². The van der Waals surface area contributed by atoms with Gasteiger partial charge in [-0.3, -0.25) is 9.59 Å². The number of amides is 1. The van der Waals surface area contributed by atoms with Crippen molar-refractivity contribution in [1.82, 2.24) is 24.2 Å². The molecule has 0 aliphatic heterocycles. The molecule has 2 heterocycles. The van der Waals surface area contributed by atoms with Crippen LogP contribution in [0.5, 0.6) is 0 Å². The molecule has 1 amide bonds. The number of hydrogen-bond acceptors (Lipinski definition) is 5. The first-order chi connectivity index (χ1) is 12.0. The van der Waals surface area contributed by atoms with E-state index >= 15 is 0 Å². The highest BCUT2D eigenvalue weighted by Crippen LogP contribution is 2.19. The van der Waals surface area contributed by atoms with Gasteiger partial charge in [0.1, 0.15) is 5.39 Å². The summed E-state index contributed by atoms with van der Waals surface area (Å²) in [4.78, 5) is 34.4. The van der Waals surface area contributed by atoms with Crippen LogP contribution in [-0.4, -0.2) is 42.9 Å². The lowest BCUT2D eigenvalue weighted by Crippen LogP contribution is -2.26. The van der Waals surface area contributed by atoms with Crippen LogP contribution in [-0.2, 0) is 11.3 Å². The summed E-state index contributed by atoms with van der Waals surface area (Å²) in [5.74, 6) is 0. The summed E-state index contributed by atoms with van der Waals surface area (Å²) < 4.78 is 3.34. The summed E-state index contributed by atoms with van der Waals surface area (Å²) in [6, 6.07) is -0.00207. The third-order valence-electron chi connectivity index (χ3n) is 3.72. The van der Waals surface area contributed by atoms with Gasteiger partial charge in [0.2, 0.25) is 6.41 Å². The number of carbonyl (C=O) groups excluding carboxylic acids is 1. The fourth-order valence-corrected chi connectivity index (χ4v) is 2.79. The smallest absolute Gasteiger partial charge is 0.278 e. The van der Waals surface area contributed by atoms with Crippen molar-refractivity contribution in [3.05, 3.63) is 34.9 Å². The van der Waals surface area contributed by atoms with Gasteiger partial charge in [-0.1, -0.05) is 17.8 Å². The molecule has 2 aromatic rings. The molecule has 0 N–H and O–H groups in total. The molecule has 7 nitrogen and oxygen atoms in total. The van der Waals surface area contributed by atoms with Crippen molar-refractivity contribution in [3.63, 3.8) is 0 Å². The maximum absolute atomic E-state index is 12.7. The predicted octanol–water partition coefficient (Wildman–Crippen LogP) is 2.58. The molecular formula is C17H23N5O2S. The summed E-state index contributed by atoms with van der Waals surface area (Å²) in [6.45, 7) is 8.10. The van der Waals surface area contributed by atoms with E-state index in [0.29, 0.717) is 28.4 Å². The molecule has 0 radical (unpaired) electrons. The zero-order valence-corrected chi connectivity index (χ0v) is 15.9. The number of fused-ring (bicyclic) bond motifs is 1. The first-order valence-corrected chi connectivity index (χ1v) is 9.31. The quantitative estimate of drug-likeness (QED) is 0.328. The summed E-state index contributed by atoms with van der Waals surface area (Å²) in [5.41, 5.74) is 1.07. The number of allylic oxidation sites excluding steroid dienone is 3. The van der Waals surface area contributed by atoms with Crippen molar-refractivity contribution in [2.45, 2.75) is 45.4 Å². The summed E-state index contributed by atoms with van der Waals surface area (Å²) in [5, 5.41) is 1.04. The molecule has 0 aromatic carbocycles. The Morgan fingerprint density at radius 2 is 2.16 bits per heavy atom. The van der Waals surface area contributed by atoms with Crippen molar-refractivity contribution < 1.29 is 4.79 Å². The molecule has 0 aliphatic rings. The number of hydrogen-bond donors (Lipinski definition) is 0. The molecule has 0 aliphatic carbocycles. The largest absolute Gasteiger partial charge is 0.317 e. The second-order valence-corrected chi connectivity index (χ2v) is 6.40. The third-order valence-corrected chi connectivity index (χ3v) is 4.28. The Balaban J connectivity index is 2.84. The van der Waals surface area contributed by atoms with Crippen molar-refractivity contribution in [2.24, 2.45) is 0 Å². The lowest BCUT2D eigenvalue weighted by Gasteiger charge is -2.20. The Labute approximate surface area is 151 Å². The zero-order valence-electron chi connectivity index (χ0n) is 15.1. The molecule has 0 atom stereocenters. The molecule has 0 saturated heterocycles. The number of carbonyl (C=O) groups is 1. The van der Waals surface area contributed by atoms with Crippen LogP contribution in [0.4, 0.5) is 0 Å². The van der Waals surface area contributed by atoms with Gasteiger partial charge in [-0.15, -0.1) is 0 Å². The van der Waals surface area contributed by atoms with E-state index in [4.69, 9.17) is 0 Å². The van der Waals surface area contributed by atoms with Gasteiger partial charge >= 0.3 is 0 Å². The van der Waals surface area contributed by atoms with Gasteiger partial charge in [-0.2, -0.15) is 0 Å². The maximum Gasteiger partial charge on any atom is 0.278 e. The molecule has 8 heteroatoms. The molecule has 25 heavy (non-hydrogen) atoms. The Hall–Kier alpha value is -2.35. The molecule has 0 spiro atoms. The van der Waals surface area contributed by atoms with E-state index in [0.717, 1.165) is 6.41 Å². The fraction of sp³-hybridized carbons (Fsp3) is 0.412. The second-order valence-electron chi connectivity index (χ2n) is 5.63. The molecular weight excluding hydrogens is 338 g/mol. The number of aromatic nitrogens is 4. The van der Waals surface area contributed by atoms with Gasteiger partial charge in [0.15, 0.2) is 10.8 Å². The Bertz CT molecular complexity index is 879. The molecule has 0 unspecified atom stereocenters. The van der Waals surface area contributed by atoms with Gasteiger partial charge < -0.3 is 4.90 Å². The fourth-order valence-electron chi connectivity index (χ4n) is 2.45. The lowest BCUT2D eigenvalue weighted by molar-refractivity contribution is -0.117. The highest BCUT2D eigenvalue weighted by molar-refractivity contribution is 7.98. The van der Waals surface area contributed by atoms with Crippen molar-refractivity contribution in [1.29, 1.82) is 0 Å². The van der Waals surface area contributed by atoms with Crippen LogP contribution in [0.25, 0.3) is 16.7 Å². The Morgan fingerprint density at radius 3 is 2.68 bits per heavy atom. The van der Waals surface area contributed by atoms with Gasteiger partial charge in [0.05, 0.1) is 5.70 Å². The van der Waals surface area contributed by atoms with Crippen LogP contribution < -0.4 is 5.56 Å². The standard InChI is InChI=1S/C17H23N5O2S/c1-6-8-13(10-20(11-23)12(3)4)22-15-14(16(24)21(22)7-2)9-18-17(19-15)25-5/h6,8-12H,7H2,1-5H3/b8-6-,13-10+. The third kappa shape index (κ3) is 3.68. The molecule has 2 aromatic heterocycles. The average Bonchev–Trinajstić information content (AvgIpc) is 2.89. The number of rotatable bonds is 7. The average molecular weight is 361 g/mol. The van der Waals surface area contributed by atoms with Crippen molar-refractivity contribution >= 4 is 34.9 Å². The first-order valence-electron chi connectivity index (χ1n) is 8.08.